The molecule has 1 rings (SSSR count). The molecule has 0 spiro atoms. The molecule has 0 fully saturated rings. The first-order valence-electron chi connectivity index (χ1n) is 4.97. The van der Waals surface area contributed by atoms with Crippen LogP contribution in [-0.2, 0) is 20.8 Å². The third-order valence-electron chi connectivity index (χ3n) is 2.11. The Morgan fingerprint density at radius 1 is 1.47 bits per heavy atom. The molecule has 0 aliphatic rings. The number of rotatable bonds is 6. The summed E-state index contributed by atoms with van der Waals surface area (Å²) >= 11 is 0. The number of hydrogen-bond acceptors (Lipinski definition) is 5. The van der Waals surface area contributed by atoms with Crippen molar-refractivity contribution in [3.63, 3.8) is 0 Å². The van der Waals surface area contributed by atoms with E-state index in [2.05, 4.69) is 4.72 Å². The molecule has 1 atom stereocenters. The van der Waals surface area contributed by atoms with Crippen LogP contribution < -0.4 is 4.72 Å². The van der Waals surface area contributed by atoms with E-state index in [1.165, 1.54) is 6.26 Å². The minimum atomic E-state index is -3.97. The highest BCUT2D eigenvalue weighted by Crippen LogP contribution is 2.20. The molecule has 0 heterocycles. The van der Waals surface area contributed by atoms with Crippen LogP contribution in [0.2, 0.25) is 0 Å². The van der Waals surface area contributed by atoms with Gasteiger partial charge >= 0.3 is 5.69 Å². The average molecular weight is 310 g/mol. The van der Waals surface area contributed by atoms with Crippen molar-refractivity contribution < 1.29 is 21.9 Å². The fourth-order valence-electron chi connectivity index (χ4n) is 1.21. The Bertz CT molecular complexity index is 617. The van der Waals surface area contributed by atoms with Gasteiger partial charge in [0.1, 0.15) is 0 Å². The molecule has 19 heavy (non-hydrogen) atoms. The summed E-state index contributed by atoms with van der Waals surface area (Å²) in [6, 6.07) is 2.29. The molecule has 0 saturated heterocycles. The van der Waals surface area contributed by atoms with Crippen molar-refractivity contribution in [2.75, 3.05) is 18.6 Å². The third kappa shape index (κ3) is 4.33. The number of nitro benzene ring substituents is 1. The standard InChI is InChI=1S/C9H11FN2O5S2/c1-18(15)5-4-11-19(16,17)7-2-3-9(12(13)14)8(10)6-7/h2-3,6,11H,4-5H2,1H3. The van der Waals surface area contributed by atoms with Crippen LogP contribution in [0.1, 0.15) is 0 Å². The highest BCUT2D eigenvalue weighted by Gasteiger charge is 2.20. The van der Waals surface area contributed by atoms with Gasteiger partial charge in [0.15, 0.2) is 0 Å². The Hall–Kier alpha value is -1.39. The zero-order valence-electron chi connectivity index (χ0n) is 9.83. The van der Waals surface area contributed by atoms with Crippen LogP contribution in [-0.4, -0.2) is 36.1 Å². The van der Waals surface area contributed by atoms with Gasteiger partial charge in [-0.05, 0) is 6.07 Å². The predicted molar refractivity (Wildman–Crippen MR) is 67.2 cm³/mol. The van der Waals surface area contributed by atoms with Crippen LogP contribution in [0.4, 0.5) is 10.1 Å². The Kier molecular flexibility index (Phi) is 5.09. The van der Waals surface area contributed by atoms with Crippen LogP contribution in [0, 0.1) is 15.9 Å². The van der Waals surface area contributed by atoms with Gasteiger partial charge in [-0.15, -0.1) is 0 Å². The van der Waals surface area contributed by atoms with Crippen molar-refractivity contribution >= 4 is 26.5 Å². The summed E-state index contributed by atoms with van der Waals surface area (Å²) in [6.07, 6.45) is 1.42. The van der Waals surface area contributed by atoms with Crippen molar-refractivity contribution in [3.8, 4) is 0 Å². The van der Waals surface area contributed by atoms with E-state index in [1.54, 1.807) is 0 Å². The zero-order chi connectivity index (χ0) is 14.6. The molecule has 0 amide bonds. The van der Waals surface area contributed by atoms with E-state index in [-0.39, 0.29) is 12.3 Å². The molecule has 1 aromatic carbocycles. The maximum absolute atomic E-state index is 13.3. The first kappa shape index (κ1) is 15.7. The van der Waals surface area contributed by atoms with Crippen LogP contribution in [0.25, 0.3) is 0 Å². The average Bonchev–Trinajstić information content (AvgIpc) is 2.27. The molecule has 1 unspecified atom stereocenters. The van der Waals surface area contributed by atoms with Crippen LogP contribution >= 0.6 is 0 Å². The molecule has 0 aliphatic heterocycles. The number of nitrogens with one attached hydrogen (secondary N) is 1. The molecule has 1 N–H and O–H groups in total. The molecule has 10 heteroatoms. The summed E-state index contributed by atoms with van der Waals surface area (Å²) in [5, 5.41) is 10.4. The summed E-state index contributed by atoms with van der Waals surface area (Å²) < 4.78 is 49.6. The number of sulfonamides is 1. The van der Waals surface area contributed by atoms with E-state index in [4.69, 9.17) is 0 Å². The van der Waals surface area contributed by atoms with Gasteiger partial charge in [0.25, 0.3) is 0 Å². The van der Waals surface area contributed by atoms with Crippen molar-refractivity contribution in [1.29, 1.82) is 0 Å². The van der Waals surface area contributed by atoms with Crippen molar-refractivity contribution in [2.24, 2.45) is 0 Å². The van der Waals surface area contributed by atoms with Crippen LogP contribution in [0.15, 0.2) is 23.1 Å². The third-order valence-corrected chi connectivity index (χ3v) is 4.35. The summed E-state index contributed by atoms with van der Waals surface area (Å²) in [7, 11) is -5.13. The molecule has 0 aromatic heterocycles. The largest absolute Gasteiger partial charge is 0.304 e. The normalized spacial score (nSPS) is 13.2. The lowest BCUT2D eigenvalue weighted by Gasteiger charge is -2.06. The number of hydrogen-bond donors (Lipinski definition) is 1. The number of nitro groups is 1. The van der Waals surface area contributed by atoms with E-state index in [0.717, 1.165) is 12.1 Å². The predicted octanol–water partition coefficient (Wildman–Crippen LogP) is 0.391. The summed E-state index contributed by atoms with van der Waals surface area (Å²) in [5.74, 6) is -1.11. The molecule has 106 valence electrons. The second-order valence-corrected chi connectivity index (χ2v) is 6.87. The van der Waals surface area contributed by atoms with Crippen molar-refractivity contribution in [1.82, 2.24) is 4.72 Å². The van der Waals surface area contributed by atoms with Gasteiger partial charge in [-0.2, -0.15) is 4.39 Å². The van der Waals surface area contributed by atoms with Gasteiger partial charge in [-0.3, -0.25) is 14.3 Å². The Morgan fingerprint density at radius 3 is 2.58 bits per heavy atom. The quantitative estimate of drug-likeness (QED) is 0.604. The summed E-state index contributed by atoms with van der Waals surface area (Å²) in [4.78, 5) is 9.03. The molecular formula is C9H11FN2O5S2. The summed E-state index contributed by atoms with van der Waals surface area (Å²) in [6.45, 7) is -0.0654. The second kappa shape index (κ2) is 6.17. The lowest BCUT2D eigenvalue weighted by atomic mass is 10.3. The molecule has 1 aromatic rings. The number of benzene rings is 1. The number of halogens is 1. The SMILES string of the molecule is CS(=O)CCNS(=O)(=O)c1ccc([N+](=O)[O-])c(F)c1. The highest BCUT2D eigenvalue weighted by molar-refractivity contribution is 7.89. The molecule has 0 aliphatic carbocycles. The minimum absolute atomic E-state index is 0.0654. The minimum Gasteiger partial charge on any atom is -0.260 e. The van der Waals surface area contributed by atoms with Gasteiger partial charge in [0, 0.05) is 41.5 Å². The van der Waals surface area contributed by atoms with Gasteiger partial charge in [-0.1, -0.05) is 0 Å². The lowest BCUT2D eigenvalue weighted by Crippen LogP contribution is -2.27. The molecular weight excluding hydrogens is 299 g/mol. The van der Waals surface area contributed by atoms with Gasteiger partial charge in [0.2, 0.25) is 15.8 Å². The topological polar surface area (TPSA) is 106 Å². The second-order valence-electron chi connectivity index (χ2n) is 3.55. The van der Waals surface area contributed by atoms with E-state index >= 15 is 0 Å². The lowest BCUT2D eigenvalue weighted by molar-refractivity contribution is -0.387. The van der Waals surface area contributed by atoms with Crippen LogP contribution in [0.5, 0.6) is 0 Å². The molecule has 0 bridgehead atoms. The first-order chi connectivity index (χ1) is 8.74. The molecule has 7 nitrogen and oxygen atoms in total. The highest BCUT2D eigenvalue weighted by atomic mass is 32.2. The zero-order valence-corrected chi connectivity index (χ0v) is 11.5. The van der Waals surface area contributed by atoms with Gasteiger partial charge in [0.05, 0.1) is 9.82 Å². The molecule has 0 saturated carbocycles. The van der Waals surface area contributed by atoms with Crippen molar-refractivity contribution in [3.05, 3.63) is 34.1 Å². The molecule has 0 radical (unpaired) electrons. The van der Waals surface area contributed by atoms with Crippen molar-refractivity contribution in [2.45, 2.75) is 4.90 Å². The van der Waals surface area contributed by atoms with Gasteiger partial charge in [-0.25, -0.2) is 13.1 Å². The maximum atomic E-state index is 13.3. The van der Waals surface area contributed by atoms with Crippen LogP contribution in [0.3, 0.4) is 0 Å². The van der Waals surface area contributed by atoms with E-state index < -0.39 is 42.1 Å². The van der Waals surface area contributed by atoms with E-state index in [0.29, 0.717) is 6.07 Å². The van der Waals surface area contributed by atoms with E-state index in [9.17, 15) is 27.1 Å². The number of nitrogens with zero attached hydrogens (tertiary/aromatic N) is 1. The smallest absolute Gasteiger partial charge is 0.260 e. The maximum Gasteiger partial charge on any atom is 0.304 e. The Balaban J connectivity index is 2.93. The first-order valence-corrected chi connectivity index (χ1v) is 8.18. The van der Waals surface area contributed by atoms with Gasteiger partial charge < -0.3 is 0 Å². The fraction of sp³-hybridized carbons (Fsp3) is 0.333. The van der Waals surface area contributed by atoms with E-state index in [1.807, 2.05) is 0 Å². The summed E-state index contributed by atoms with van der Waals surface area (Å²) in [5.41, 5.74) is -0.798. The Labute approximate surface area is 111 Å². The Morgan fingerprint density at radius 2 is 2.11 bits per heavy atom. The fourth-order valence-corrected chi connectivity index (χ4v) is 2.77. The monoisotopic (exact) mass is 310 g/mol.